The Bertz CT molecular complexity index is 836. The van der Waals surface area contributed by atoms with Crippen molar-refractivity contribution in [3.8, 4) is 0 Å². The number of benzene rings is 2. The summed E-state index contributed by atoms with van der Waals surface area (Å²) in [6, 6.07) is 16.8. The molecule has 2 heterocycles. The summed E-state index contributed by atoms with van der Waals surface area (Å²) in [4.78, 5) is 14.8. The minimum absolute atomic E-state index is 0.148. The van der Waals surface area contributed by atoms with E-state index in [1.165, 1.54) is 28.7 Å². The van der Waals surface area contributed by atoms with Crippen LogP contribution in [0.15, 0.2) is 54.6 Å². The van der Waals surface area contributed by atoms with E-state index in [0.29, 0.717) is 6.61 Å². The van der Waals surface area contributed by atoms with Gasteiger partial charge in [-0.05, 0) is 67.4 Å². The van der Waals surface area contributed by atoms with Crippen LogP contribution >= 0.6 is 0 Å². The molecule has 3 nitrogen and oxygen atoms in total. The van der Waals surface area contributed by atoms with Crippen molar-refractivity contribution in [2.75, 3.05) is 0 Å². The molecule has 2 aromatic carbocycles. The van der Waals surface area contributed by atoms with Crippen molar-refractivity contribution < 1.29 is 9.53 Å². The fraction of sp³-hybridized carbons (Fsp3) is 0.375. The van der Waals surface area contributed by atoms with Crippen molar-refractivity contribution >= 4 is 11.7 Å². The number of carbonyl (C=O) groups excluding carboxylic acids is 1. The minimum Gasteiger partial charge on any atom is -0.445 e. The number of nitrogens with zero attached hydrogens (tertiary/aromatic N) is 1. The van der Waals surface area contributed by atoms with Gasteiger partial charge in [0.15, 0.2) is 0 Å². The van der Waals surface area contributed by atoms with E-state index in [4.69, 9.17) is 4.74 Å². The molecule has 0 saturated carbocycles. The summed E-state index contributed by atoms with van der Waals surface area (Å²) in [5.41, 5.74) is 6.43. The molecule has 1 fully saturated rings. The summed E-state index contributed by atoms with van der Waals surface area (Å²) < 4.78 is 5.65. The van der Waals surface area contributed by atoms with E-state index < -0.39 is 0 Å². The maximum atomic E-state index is 12.8. The van der Waals surface area contributed by atoms with E-state index in [9.17, 15) is 4.79 Å². The van der Waals surface area contributed by atoms with Gasteiger partial charge >= 0.3 is 6.09 Å². The Morgan fingerprint density at radius 3 is 2.48 bits per heavy atom. The first-order chi connectivity index (χ1) is 13.1. The fourth-order valence-electron chi connectivity index (χ4n) is 4.61. The van der Waals surface area contributed by atoms with Gasteiger partial charge in [-0.1, -0.05) is 54.6 Å². The standard InChI is InChI=1S/C24H27NO2/c1-17-8-6-9-18(2)23(17)20-14-21-12-7-13-22(15-20)25(21)24(26)27-16-19-10-4-3-5-11-19/h3-6,8-11,14,21-22H,7,12-13,15-16H2,1-2H3. The predicted molar refractivity (Wildman–Crippen MR) is 108 cm³/mol. The summed E-state index contributed by atoms with van der Waals surface area (Å²) in [7, 11) is 0. The molecule has 1 amide bonds. The molecular weight excluding hydrogens is 334 g/mol. The van der Waals surface area contributed by atoms with Crippen LogP contribution in [0.2, 0.25) is 0 Å². The molecule has 0 N–H and O–H groups in total. The van der Waals surface area contributed by atoms with Crippen molar-refractivity contribution in [1.29, 1.82) is 0 Å². The topological polar surface area (TPSA) is 29.5 Å². The third-order valence-electron chi connectivity index (χ3n) is 5.86. The first-order valence-corrected chi connectivity index (χ1v) is 9.90. The molecule has 0 spiro atoms. The van der Waals surface area contributed by atoms with Crippen LogP contribution in [0.3, 0.4) is 0 Å². The van der Waals surface area contributed by atoms with Crippen molar-refractivity contribution in [2.45, 2.75) is 58.2 Å². The second-order valence-corrected chi connectivity index (χ2v) is 7.76. The number of carbonyl (C=O) groups is 1. The van der Waals surface area contributed by atoms with Crippen LogP contribution in [0.5, 0.6) is 0 Å². The van der Waals surface area contributed by atoms with Gasteiger partial charge in [0.05, 0.1) is 6.04 Å². The quantitative estimate of drug-likeness (QED) is 0.707. The zero-order valence-electron chi connectivity index (χ0n) is 16.2. The average Bonchev–Trinajstić information content (AvgIpc) is 2.66. The third kappa shape index (κ3) is 3.64. The molecule has 2 aliphatic rings. The van der Waals surface area contributed by atoms with Crippen LogP contribution < -0.4 is 0 Å². The lowest BCUT2D eigenvalue weighted by molar-refractivity contribution is 0.0510. The number of fused-ring (bicyclic) bond motifs is 2. The van der Waals surface area contributed by atoms with E-state index in [1.807, 2.05) is 35.2 Å². The lowest BCUT2D eigenvalue weighted by Gasteiger charge is -2.44. The van der Waals surface area contributed by atoms with E-state index in [0.717, 1.165) is 24.8 Å². The Morgan fingerprint density at radius 1 is 1.04 bits per heavy atom. The van der Waals surface area contributed by atoms with E-state index >= 15 is 0 Å². The van der Waals surface area contributed by atoms with Crippen molar-refractivity contribution in [3.63, 3.8) is 0 Å². The summed E-state index contributed by atoms with van der Waals surface area (Å²) in [5, 5.41) is 0. The second kappa shape index (κ2) is 7.59. The number of amides is 1. The molecule has 4 rings (SSSR count). The van der Waals surface area contributed by atoms with Crippen molar-refractivity contribution in [1.82, 2.24) is 4.90 Å². The zero-order valence-corrected chi connectivity index (χ0v) is 16.2. The maximum Gasteiger partial charge on any atom is 0.410 e. The van der Waals surface area contributed by atoms with E-state index in [2.05, 4.69) is 38.1 Å². The highest BCUT2D eigenvalue weighted by molar-refractivity contribution is 5.76. The van der Waals surface area contributed by atoms with E-state index in [1.54, 1.807) is 0 Å². The zero-order chi connectivity index (χ0) is 18.8. The third-order valence-corrected chi connectivity index (χ3v) is 5.86. The van der Waals surface area contributed by atoms with Crippen LogP contribution in [-0.2, 0) is 11.3 Å². The molecule has 2 aromatic rings. The lowest BCUT2D eigenvalue weighted by Crippen LogP contribution is -2.51. The van der Waals surface area contributed by atoms with Crippen LogP contribution in [0.25, 0.3) is 5.57 Å². The molecule has 2 aliphatic heterocycles. The van der Waals surface area contributed by atoms with E-state index in [-0.39, 0.29) is 18.2 Å². The Labute approximate surface area is 161 Å². The lowest BCUT2D eigenvalue weighted by atomic mass is 9.81. The largest absolute Gasteiger partial charge is 0.445 e. The summed E-state index contributed by atoms with van der Waals surface area (Å²) >= 11 is 0. The summed E-state index contributed by atoms with van der Waals surface area (Å²) in [6.07, 6.45) is 6.31. The van der Waals surface area contributed by atoms with Gasteiger partial charge in [0, 0.05) is 6.04 Å². The molecular formula is C24H27NO2. The molecule has 0 radical (unpaired) electrons. The molecule has 140 valence electrons. The van der Waals surface area contributed by atoms with Crippen LogP contribution in [-0.4, -0.2) is 23.1 Å². The molecule has 1 saturated heterocycles. The van der Waals surface area contributed by atoms with Gasteiger partial charge in [0.25, 0.3) is 0 Å². The monoisotopic (exact) mass is 361 g/mol. The average molecular weight is 361 g/mol. The number of hydrogen-bond acceptors (Lipinski definition) is 2. The van der Waals surface area contributed by atoms with Gasteiger partial charge in [-0.3, -0.25) is 4.90 Å². The van der Waals surface area contributed by atoms with Gasteiger partial charge in [-0.25, -0.2) is 4.79 Å². The summed E-state index contributed by atoms with van der Waals surface area (Å²) in [6.45, 7) is 4.70. The van der Waals surface area contributed by atoms with Crippen molar-refractivity contribution in [3.05, 3.63) is 76.9 Å². The number of ether oxygens (including phenoxy) is 1. The Balaban J connectivity index is 1.54. The molecule has 3 heteroatoms. The van der Waals surface area contributed by atoms with Gasteiger partial charge < -0.3 is 4.74 Å². The first kappa shape index (κ1) is 17.8. The molecule has 0 aliphatic carbocycles. The molecule has 2 unspecified atom stereocenters. The van der Waals surface area contributed by atoms with Gasteiger partial charge in [0.2, 0.25) is 0 Å². The second-order valence-electron chi connectivity index (χ2n) is 7.76. The fourth-order valence-corrected chi connectivity index (χ4v) is 4.61. The highest BCUT2D eigenvalue weighted by atomic mass is 16.6. The Kier molecular flexibility index (Phi) is 5.02. The summed E-state index contributed by atoms with van der Waals surface area (Å²) in [5.74, 6) is 0. The smallest absolute Gasteiger partial charge is 0.410 e. The number of aryl methyl sites for hydroxylation is 2. The molecule has 0 aromatic heterocycles. The van der Waals surface area contributed by atoms with Gasteiger partial charge in [-0.2, -0.15) is 0 Å². The van der Waals surface area contributed by atoms with Crippen LogP contribution in [0.1, 0.15) is 47.9 Å². The molecule has 27 heavy (non-hydrogen) atoms. The van der Waals surface area contributed by atoms with Gasteiger partial charge in [-0.15, -0.1) is 0 Å². The maximum absolute atomic E-state index is 12.8. The molecule has 2 atom stereocenters. The highest BCUT2D eigenvalue weighted by Crippen LogP contribution is 2.39. The predicted octanol–water partition coefficient (Wildman–Crippen LogP) is 5.65. The Hall–Kier alpha value is -2.55. The van der Waals surface area contributed by atoms with Crippen molar-refractivity contribution in [2.24, 2.45) is 0 Å². The molecule has 2 bridgehead atoms. The van der Waals surface area contributed by atoms with Crippen LogP contribution in [0, 0.1) is 13.8 Å². The Morgan fingerprint density at radius 2 is 1.78 bits per heavy atom. The number of hydrogen-bond donors (Lipinski definition) is 0. The highest BCUT2D eigenvalue weighted by Gasteiger charge is 2.38. The van der Waals surface area contributed by atoms with Gasteiger partial charge in [0.1, 0.15) is 6.61 Å². The normalized spacial score (nSPS) is 21.6. The number of rotatable bonds is 3. The first-order valence-electron chi connectivity index (χ1n) is 9.90. The SMILES string of the molecule is Cc1cccc(C)c1C1=CC2CCCC(C1)N2C(=O)OCc1ccccc1. The number of piperidine rings is 1. The van der Waals surface area contributed by atoms with Crippen LogP contribution in [0.4, 0.5) is 4.79 Å². The minimum atomic E-state index is -0.176.